The molecule has 7 nitrogen and oxygen atoms in total. The van der Waals surface area contributed by atoms with Crippen LogP contribution in [-0.2, 0) is 13.0 Å². The van der Waals surface area contributed by atoms with Crippen LogP contribution in [0.4, 0.5) is 10.1 Å². The molecular formula is C20H16N4O3S2. The number of thiazole rings is 1. The molecule has 0 aliphatic carbocycles. The van der Waals surface area contributed by atoms with Gasteiger partial charge in [-0.3, -0.25) is 24.8 Å². The summed E-state index contributed by atoms with van der Waals surface area (Å²) in [5.74, 6) is -0.328. The van der Waals surface area contributed by atoms with E-state index in [-0.39, 0.29) is 17.5 Å². The molecule has 0 fully saturated rings. The average molecular weight is 425 g/mol. The highest BCUT2D eigenvalue weighted by Gasteiger charge is 2.25. The van der Waals surface area contributed by atoms with E-state index in [1.807, 2.05) is 36.4 Å². The van der Waals surface area contributed by atoms with Crippen LogP contribution in [0.5, 0.6) is 0 Å². The Labute approximate surface area is 174 Å². The SMILES string of the molecule is CCc1cccc2sc(N(Cc3ccccn3)C(=O)c3ccc([N+](=O)[O-])s3)nc12. The predicted octanol–water partition coefficient (Wildman–Crippen LogP) is 5.07. The molecule has 9 heteroatoms. The summed E-state index contributed by atoms with van der Waals surface area (Å²) in [6.45, 7) is 2.29. The molecule has 0 saturated carbocycles. The van der Waals surface area contributed by atoms with Crippen LogP contribution < -0.4 is 4.90 Å². The van der Waals surface area contributed by atoms with Crippen molar-refractivity contribution < 1.29 is 9.72 Å². The molecule has 3 heterocycles. The summed E-state index contributed by atoms with van der Waals surface area (Å²) in [5, 5.41) is 11.5. The standard InChI is InChI=1S/C20H16N4O3S2/c1-2-13-6-5-8-15-18(13)22-20(29-15)23(12-14-7-3-4-11-21-14)19(25)16-9-10-17(28-16)24(26)27/h3-11H,2,12H2,1H3. The van der Waals surface area contributed by atoms with E-state index in [1.165, 1.54) is 23.5 Å². The molecule has 3 aromatic heterocycles. The molecule has 146 valence electrons. The number of pyridine rings is 1. The predicted molar refractivity (Wildman–Crippen MR) is 115 cm³/mol. The second kappa shape index (κ2) is 8.06. The van der Waals surface area contributed by atoms with Crippen LogP contribution in [0.1, 0.15) is 27.9 Å². The smallest absolute Gasteiger partial charge is 0.277 e. The molecule has 0 aliphatic heterocycles. The van der Waals surface area contributed by atoms with Crippen molar-refractivity contribution in [2.45, 2.75) is 19.9 Å². The quantitative estimate of drug-likeness (QED) is 0.318. The first-order chi connectivity index (χ1) is 14.1. The van der Waals surface area contributed by atoms with Crippen molar-refractivity contribution in [1.82, 2.24) is 9.97 Å². The topological polar surface area (TPSA) is 89.2 Å². The van der Waals surface area contributed by atoms with Crippen molar-refractivity contribution >= 4 is 48.9 Å². The number of carbonyl (C=O) groups is 1. The maximum absolute atomic E-state index is 13.3. The molecule has 0 atom stereocenters. The molecule has 0 N–H and O–H groups in total. The minimum absolute atomic E-state index is 0.0660. The Morgan fingerprint density at radius 3 is 2.69 bits per heavy atom. The number of aryl methyl sites for hydroxylation is 1. The Bertz CT molecular complexity index is 1190. The van der Waals surface area contributed by atoms with Gasteiger partial charge in [-0.15, -0.1) is 0 Å². The molecule has 4 rings (SSSR count). The van der Waals surface area contributed by atoms with E-state index in [4.69, 9.17) is 4.98 Å². The lowest BCUT2D eigenvalue weighted by Crippen LogP contribution is -2.30. The van der Waals surface area contributed by atoms with Gasteiger partial charge in [0.05, 0.1) is 32.3 Å². The highest BCUT2D eigenvalue weighted by atomic mass is 32.1. The number of aromatic nitrogens is 2. The van der Waals surface area contributed by atoms with Gasteiger partial charge in [-0.2, -0.15) is 0 Å². The van der Waals surface area contributed by atoms with Crippen LogP contribution in [-0.4, -0.2) is 20.8 Å². The van der Waals surface area contributed by atoms with Gasteiger partial charge < -0.3 is 0 Å². The Morgan fingerprint density at radius 2 is 2.00 bits per heavy atom. The van der Waals surface area contributed by atoms with Gasteiger partial charge in [-0.05, 0) is 36.2 Å². The first-order valence-corrected chi connectivity index (χ1v) is 10.5. The second-order valence-corrected chi connectivity index (χ2v) is 8.29. The van der Waals surface area contributed by atoms with Crippen molar-refractivity contribution in [3.05, 3.63) is 81.0 Å². The third-order valence-corrected chi connectivity index (χ3v) is 6.45. The van der Waals surface area contributed by atoms with Gasteiger partial charge >= 0.3 is 5.00 Å². The maximum Gasteiger partial charge on any atom is 0.324 e. The van der Waals surface area contributed by atoms with Gasteiger partial charge in [0.2, 0.25) is 0 Å². The van der Waals surface area contributed by atoms with Crippen molar-refractivity contribution in [1.29, 1.82) is 0 Å². The number of para-hydroxylation sites is 1. The van der Waals surface area contributed by atoms with Crippen LogP contribution in [0.25, 0.3) is 10.2 Å². The van der Waals surface area contributed by atoms with Gasteiger partial charge in [0.1, 0.15) is 0 Å². The van der Waals surface area contributed by atoms with E-state index in [0.29, 0.717) is 15.7 Å². The lowest BCUT2D eigenvalue weighted by molar-refractivity contribution is -0.380. The Morgan fingerprint density at radius 1 is 1.14 bits per heavy atom. The fourth-order valence-corrected chi connectivity index (χ4v) is 4.73. The highest BCUT2D eigenvalue weighted by molar-refractivity contribution is 7.22. The number of hydrogen-bond donors (Lipinski definition) is 0. The van der Waals surface area contributed by atoms with Crippen LogP contribution >= 0.6 is 22.7 Å². The van der Waals surface area contributed by atoms with Crippen molar-refractivity contribution in [2.75, 3.05) is 4.90 Å². The summed E-state index contributed by atoms with van der Waals surface area (Å²) in [6, 6.07) is 14.3. The monoisotopic (exact) mass is 424 g/mol. The van der Waals surface area contributed by atoms with E-state index >= 15 is 0 Å². The zero-order valence-corrected chi connectivity index (χ0v) is 17.1. The van der Waals surface area contributed by atoms with E-state index in [9.17, 15) is 14.9 Å². The fourth-order valence-electron chi connectivity index (χ4n) is 2.95. The first-order valence-electron chi connectivity index (χ1n) is 8.91. The number of hydrogen-bond acceptors (Lipinski definition) is 7. The summed E-state index contributed by atoms with van der Waals surface area (Å²) >= 11 is 2.29. The zero-order chi connectivity index (χ0) is 20.4. The summed E-state index contributed by atoms with van der Waals surface area (Å²) < 4.78 is 0.996. The fraction of sp³-hybridized carbons (Fsp3) is 0.150. The minimum Gasteiger partial charge on any atom is -0.277 e. The van der Waals surface area contributed by atoms with Crippen molar-refractivity contribution in [3.63, 3.8) is 0 Å². The van der Waals surface area contributed by atoms with Crippen molar-refractivity contribution in [3.8, 4) is 0 Å². The summed E-state index contributed by atoms with van der Waals surface area (Å²) in [5.41, 5.74) is 2.70. The summed E-state index contributed by atoms with van der Waals surface area (Å²) in [4.78, 5) is 34.7. The number of carbonyl (C=O) groups excluding carboxylic acids is 1. The van der Waals surface area contributed by atoms with Crippen LogP contribution in [0.15, 0.2) is 54.7 Å². The molecule has 1 aromatic carbocycles. The van der Waals surface area contributed by atoms with Gasteiger partial charge in [0, 0.05) is 12.3 Å². The third-order valence-electron chi connectivity index (χ3n) is 4.38. The van der Waals surface area contributed by atoms with E-state index in [1.54, 1.807) is 11.1 Å². The largest absolute Gasteiger partial charge is 0.324 e. The van der Waals surface area contributed by atoms with E-state index < -0.39 is 4.92 Å². The Balaban J connectivity index is 1.77. The summed E-state index contributed by atoms with van der Waals surface area (Å²) in [7, 11) is 0. The molecule has 4 aromatic rings. The number of nitro groups is 1. The number of benzene rings is 1. The average Bonchev–Trinajstić information content (AvgIpc) is 3.39. The van der Waals surface area contributed by atoms with Gasteiger partial charge in [0.25, 0.3) is 5.91 Å². The molecule has 0 bridgehead atoms. The number of thiophene rings is 1. The van der Waals surface area contributed by atoms with Gasteiger partial charge in [-0.25, -0.2) is 4.98 Å². The van der Waals surface area contributed by atoms with Gasteiger partial charge in [0.15, 0.2) is 5.13 Å². The third kappa shape index (κ3) is 3.87. The Hall–Kier alpha value is -3.17. The molecule has 0 spiro atoms. The zero-order valence-electron chi connectivity index (χ0n) is 15.4. The molecule has 29 heavy (non-hydrogen) atoms. The number of fused-ring (bicyclic) bond motifs is 1. The molecule has 1 amide bonds. The number of nitrogens with zero attached hydrogens (tertiary/aromatic N) is 4. The lowest BCUT2D eigenvalue weighted by Gasteiger charge is -2.18. The van der Waals surface area contributed by atoms with Crippen LogP contribution in [0.3, 0.4) is 0 Å². The normalized spacial score (nSPS) is 10.9. The minimum atomic E-state index is -0.490. The second-order valence-electron chi connectivity index (χ2n) is 6.22. The molecule has 0 aliphatic rings. The number of rotatable bonds is 6. The first kappa shape index (κ1) is 19.2. The molecule has 0 radical (unpaired) electrons. The van der Waals surface area contributed by atoms with Gasteiger partial charge in [-0.1, -0.05) is 47.8 Å². The number of amides is 1. The lowest BCUT2D eigenvalue weighted by atomic mass is 10.1. The van der Waals surface area contributed by atoms with E-state index in [0.717, 1.165) is 33.5 Å². The molecule has 0 saturated heterocycles. The van der Waals surface area contributed by atoms with Crippen LogP contribution in [0, 0.1) is 10.1 Å². The highest BCUT2D eigenvalue weighted by Crippen LogP contribution is 2.34. The van der Waals surface area contributed by atoms with Crippen LogP contribution in [0.2, 0.25) is 0 Å². The summed E-state index contributed by atoms with van der Waals surface area (Å²) in [6.07, 6.45) is 2.51. The maximum atomic E-state index is 13.3. The van der Waals surface area contributed by atoms with Crippen molar-refractivity contribution in [2.24, 2.45) is 0 Å². The Kier molecular flexibility index (Phi) is 5.32. The number of anilines is 1. The molecule has 0 unspecified atom stereocenters. The van der Waals surface area contributed by atoms with E-state index in [2.05, 4.69) is 11.9 Å². The molecular weight excluding hydrogens is 408 g/mol.